The molecule has 98 valence electrons. The van der Waals surface area contributed by atoms with Crippen LogP contribution in [0.4, 0.5) is 4.39 Å². The Kier molecular flexibility index (Phi) is 5.30. The van der Waals surface area contributed by atoms with Crippen LogP contribution in [0.2, 0.25) is 0 Å². The molecule has 1 amide bonds. The van der Waals surface area contributed by atoms with Gasteiger partial charge < -0.3 is 10.4 Å². The van der Waals surface area contributed by atoms with E-state index in [9.17, 15) is 14.0 Å². The van der Waals surface area contributed by atoms with Crippen LogP contribution in [0.5, 0.6) is 0 Å². The molecule has 0 spiro atoms. The summed E-state index contributed by atoms with van der Waals surface area (Å²) in [5.74, 6) is -2.17. The number of halogens is 1. The Hall–Kier alpha value is -1.91. The lowest BCUT2D eigenvalue weighted by atomic mass is 10.1. The second-order valence-electron chi connectivity index (χ2n) is 4.02. The third-order valence-electron chi connectivity index (χ3n) is 2.54. The molecule has 1 atom stereocenters. The molecule has 1 rings (SSSR count). The number of carboxylic acid groups (broad SMARTS) is 1. The van der Waals surface area contributed by atoms with Gasteiger partial charge in [0.25, 0.3) is 5.91 Å². The highest BCUT2D eigenvalue weighted by Gasteiger charge is 2.19. The summed E-state index contributed by atoms with van der Waals surface area (Å²) in [6.45, 7) is 1.94. The molecule has 4 nitrogen and oxygen atoms in total. The Morgan fingerprint density at radius 1 is 1.44 bits per heavy atom. The SMILES string of the molecule is CCCCC(NC(=O)c1cccc(F)c1)C(=O)O. The van der Waals surface area contributed by atoms with E-state index in [2.05, 4.69) is 5.32 Å². The summed E-state index contributed by atoms with van der Waals surface area (Å²) in [7, 11) is 0. The third-order valence-corrected chi connectivity index (χ3v) is 2.54. The van der Waals surface area contributed by atoms with Crippen molar-refractivity contribution < 1.29 is 19.1 Å². The van der Waals surface area contributed by atoms with Gasteiger partial charge in [-0.1, -0.05) is 25.8 Å². The fourth-order valence-corrected chi connectivity index (χ4v) is 1.54. The smallest absolute Gasteiger partial charge is 0.326 e. The van der Waals surface area contributed by atoms with Gasteiger partial charge in [0.2, 0.25) is 0 Å². The molecule has 18 heavy (non-hydrogen) atoms. The molecule has 0 heterocycles. The van der Waals surface area contributed by atoms with E-state index in [0.717, 1.165) is 12.5 Å². The lowest BCUT2D eigenvalue weighted by Gasteiger charge is -2.14. The summed E-state index contributed by atoms with van der Waals surface area (Å²) in [5.41, 5.74) is 0.123. The largest absolute Gasteiger partial charge is 0.480 e. The lowest BCUT2D eigenvalue weighted by Crippen LogP contribution is -2.40. The van der Waals surface area contributed by atoms with Crippen molar-refractivity contribution in [3.8, 4) is 0 Å². The molecule has 0 aliphatic carbocycles. The minimum absolute atomic E-state index is 0.123. The van der Waals surface area contributed by atoms with Crippen LogP contribution in [0, 0.1) is 5.82 Å². The number of hydrogen-bond acceptors (Lipinski definition) is 2. The van der Waals surface area contributed by atoms with Gasteiger partial charge >= 0.3 is 5.97 Å². The number of amides is 1. The molecule has 0 saturated heterocycles. The van der Waals surface area contributed by atoms with Crippen LogP contribution in [0.1, 0.15) is 36.5 Å². The number of hydrogen-bond donors (Lipinski definition) is 2. The highest BCUT2D eigenvalue weighted by atomic mass is 19.1. The molecule has 5 heteroatoms. The first-order chi connectivity index (χ1) is 8.54. The second-order valence-corrected chi connectivity index (χ2v) is 4.02. The summed E-state index contributed by atoms with van der Waals surface area (Å²) < 4.78 is 12.9. The summed E-state index contributed by atoms with van der Waals surface area (Å²) in [5, 5.41) is 11.4. The van der Waals surface area contributed by atoms with Gasteiger partial charge in [0, 0.05) is 5.56 Å². The van der Waals surface area contributed by atoms with Gasteiger partial charge in [-0.2, -0.15) is 0 Å². The fourth-order valence-electron chi connectivity index (χ4n) is 1.54. The van der Waals surface area contributed by atoms with Gasteiger partial charge in [0.05, 0.1) is 0 Å². The topological polar surface area (TPSA) is 66.4 Å². The van der Waals surface area contributed by atoms with E-state index in [-0.39, 0.29) is 5.56 Å². The first-order valence-corrected chi connectivity index (χ1v) is 5.83. The standard InChI is InChI=1S/C13H16FNO3/c1-2-3-7-11(13(17)18)15-12(16)9-5-4-6-10(14)8-9/h4-6,8,11H,2-3,7H2,1H3,(H,15,16)(H,17,18). The average molecular weight is 253 g/mol. The van der Waals surface area contributed by atoms with Crippen LogP contribution in [-0.2, 0) is 4.79 Å². The average Bonchev–Trinajstić information content (AvgIpc) is 2.33. The number of rotatable bonds is 6. The lowest BCUT2D eigenvalue weighted by molar-refractivity contribution is -0.139. The van der Waals surface area contributed by atoms with Gasteiger partial charge in [0.1, 0.15) is 11.9 Å². The summed E-state index contributed by atoms with van der Waals surface area (Å²) in [6.07, 6.45) is 1.92. The zero-order chi connectivity index (χ0) is 13.5. The number of carbonyl (C=O) groups is 2. The van der Waals surface area contributed by atoms with Crippen molar-refractivity contribution in [3.05, 3.63) is 35.6 Å². The number of benzene rings is 1. The molecule has 0 aliphatic heterocycles. The van der Waals surface area contributed by atoms with Crippen molar-refractivity contribution in [1.82, 2.24) is 5.32 Å². The molecule has 0 saturated carbocycles. The predicted octanol–water partition coefficient (Wildman–Crippen LogP) is 2.20. The van der Waals surface area contributed by atoms with E-state index < -0.39 is 23.7 Å². The Morgan fingerprint density at radius 3 is 2.72 bits per heavy atom. The van der Waals surface area contributed by atoms with E-state index in [0.29, 0.717) is 12.8 Å². The Labute approximate surface area is 105 Å². The summed E-state index contributed by atoms with van der Waals surface area (Å²) in [6, 6.07) is 4.22. The monoisotopic (exact) mass is 253 g/mol. The number of nitrogens with one attached hydrogen (secondary N) is 1. The van der Waals surface area contributed by atoms with Gasteiger partial charge in [-0.3, -0.25) is 4.79 Å². The van der Waals surface area contributed by atoms with E-state index >= 15 is 0 Å². The molecule has 0 fully saturated rings. The molecule has 0 aromatic heterocycles. The molecule has 1 aromatic rings. The maximum absolute atomic E-state index is 12.9. The number of carboxylic acids is 1. The van der Waals surface area contributed by atoms with Crippen molar-refractivity contribution in [2.75, 3.05) is 0 Å². The highest BCUT2D eigenvalue weighted by Crippen LogP contribution is 2.06. The van der Waals surface area contributed by atoms with Gasteiger partial charge in [-0.25, -0.2) is 9.18 Å². The predicted molar refractivity (Wildman–Crippen MR) is 64.8 cm³/mol. The Morgan fingerprint density at radius 2 is 2.17 bits per heavy atom. The second kappa shape index (κ2) is 6.74. The maximum Gasteiger partial charge on any atom is 0.326 e. The van der Waals surface area contributed by atoms with Gasteiger partial charge in [0.15, 0.2) is 0 Å². The quantitative estimate of drug-likeness (QED) is 0.816. The highest BCUT2D eigenvalue weighted by molar-refractivity contribution is 5.96. The fraction of sp³-hybridized carbons (Fsp3) is 0.385. The molecular formula is C13H16FNO3. The zero-order valence-corrected chi connectivity index (χ0v) is 10.1. The maximum atomic E-state index is 12.9. The van der Waals surface area contributed by atoms with Crippen molar-refractivity contribution in [2.45, 2.75) is 32.2 Å². The van der Waals surface area contributed by atoms with E-state index in [1.54, 1.807) is 0 Å². The Bertz CT molecular complexity index is 434. The normalized spacial score (nSPS) is 11.9. The molecule has 0 bridgehead atoms. The van der Waals surface area contributed by atoms with Crippen LogP contribution in [-0.4, -0.2) is 23.0 Å². The zero-order valence-electron chi connectivity index (χ0n) is 10.1. The summed E-state index contributed by atoms with van der Waals surface area (Å²) in [4.78, 5) is 22.7. The minimum atomic E-state index is -1.08. The van der Waals surface area contributed by atoms with Crippen molar-refractivity contribution in [1.29, 1.82) is 0 Å². The Balaban J connectivity index is 2.69. The molecule has 1 aromatic carbocycles. The van der Waals surface area contributed by atoms with Crippen molar-refractivity contribution in [2.24, 2.45) is 0 Å². The van der Waals surface area contributed by atoms with Gasteiger partial charge in [-0.05, 0) is 24.6 Å². The van der Waals surface area contributed by atoms with Crippen LogP contribution in [0.25, 0.3) is 0 Å². The van der Waals surface area contributed by atoms with E-state index in [1.807, 2.05) is 6.92 Å². The van der Waals surface area contributed by atoms with E-state index in [4.69, 9.17) is 5.11 Å². The number of carbonyl (C=O) groups excluding carboxylic acids is 1. The molecule has 1 unspecified atom stereocenters. The molecular weight excluding hydrogens is 237 g/mol. The molecule has 0 radical (unpaired) electrons. The first kappa shape index (κ1) is 14.2. The van der Waals surface area contributed by atoms with Crippen LogP contribution in [0.3, 0.4) is 0 Å². The first-order valence-electron chi connectivity index (χ1n) is 5.83. The van der Waals surface area contributed by atoms with Crippen molar-refractivity contribution in [3.63, 3.8) is 0 Å². The number of unbranched alkanes of at least 4 members (excludes halogenated alkanes) is 1. The molecule has 2 N–H and O–H groups in total. The van der Waals surface area contributed by atoms with Gasteiger partial charge in [-0.15, -0.1) is 0 Å². The van der Waals surface area contributed by atoms with Crippen LogP contribution >= 0.6 is 0 Å². The van der Waals surface area contributed by atoms with E-state index in [1.165, 1.54) is 18.2 Å². The van der Waals surface area contributed by atoms with Crippen molar-refractivity contribution >= 4 is 11.9 Å². The molecule has 0 aliphatic rings. The van der Waals surface area contributed by atoms with Crippen LogP contribution < -0.4 is 5.32 Å². The number of aliphatic carboxylic acids is 1. The summed E-state index contributed by atoms with van der Waals surface area (Å²) >= 11 is 0. The third kappa shape index (κ3) is 4.16. The minimum Gasteiger partial charge on any atom is -0.480 e. The van der Waals surface area contributed by atoms with Crippen LogP contribution in [0.15, 0.2) is 24.3 Å².